The number of hydrogen-bond acceptors (Lipinski definition) is 1. The molecule has 0 radical (unpaired) electrons. The third-order valence-electron chi connectivity index (χ3n) is 4.17. The van der Waals surface area contributed by atoms with E-state index in [-0.39, 0.29) is 0 Å². The third-order valence-corrected chi connectivity index (χ3v) is 4.82. The molecule has 0 spiro atoms. The molecule has 0 bridgehead atoms. The quantitative estimate of drug-likeness (QED) is 0.690. The van der Waals surface area contributed by atoms with E-state index < -0.39 is 0 Å². The van der Waals surface area contributed by atoms with E-state index in [0.717, 1.165) is 29.2 Å². The van der Waals surface area contributed by atoms with Gasteiger partial charge in [0.15, 0.2) is 5.11 Å². The maximum atomic E-state index is 6.15. The van der Waals surface area contributed by atoms with Crippen molar-refractivity contribution in [2.24, 2.45) is 0 Å². The zero-order chi connectivity index (χ0) is 17.5. The van der Waals surface area contributed by atoms with Gasteiger partial charge in [0.1, 0.15) is 6.04 Å². The number of likely N-dealkylation sites (N-methyl/N-ethyl adjacent to an activating group) is 1. The molecule has 1 atom stereocenters. The molecule has 0 aromatic heterocycles. The molecule has 0 unspecified atom stereocenters. The van der Waals surface area contributed by atoms with Gasteiger partial charge in [-0.1, -0.05) is 48.0 Å². The van der Waals surface area contributed by atoms with Crippen LogP contribution < -0.4 is 15.5 Å². The van der Waals surface area contributed by atoms with Gasteiger partial charge in [0.05, 0.1) is 20.6 Å². The first kappa shape index (κ1) is 18.7. The van der Waals surface area contributed by atoms with Crippen LogP contribution in [0.3, 0.4) is 0 Å². The molecule has 0 aliphatic heterocycles. The van der Waals surface area contributed by atoms with Crippen molar-refractivity contribution in [3.05, 3.63) is 64.7 Å². The molecule has 0 heterocycles. The fourth-order valence-corrected chi connectivity index (χ4v) is 2.87. The van der Waals surface area contributed by atoms with Crippen LogP contribution in [0.25, 0.3) is 0 Å². The summed E-state index contributed by atoms with van der Waals surface area (Å²) in [5, 5.41) is 7.93. The maximum absolute atomic E-state index is 6.15. The summed E-state index contributed by atoms with van der Waals surface area (Å²) in [7, 11) is 4.35. The molecule has 0 saturated carbocycles. The second-order valence-corrected chi connectivity index (χ2v) is 7.03. The molecule has 0 aliphatic carbocycles. The molecule has 0 aliphatic rings. The average molecular weight is 363 g/mol. The number of hydrogen-bond donors (Lipinski definition) is 3. The third kappa shape index (κ3) is 5.48. The SMILES string of the molecule is Cc1c(Cl)cccc1NC(=S)NC[C@@H](Cc1ccccc1)[NH+](C)C. The smallest absolute Gasteiger partial charge is 0.171 e. The van der Waals surface area contributed by atoms with E-state index in [2.05, 4.69) is 49.0 Å². The van der Waals surface area contributed by atoms with Crippen molar-refractivity contribution >= 4 is 34.6 Å². The van der Waals surface area contributed by atoms with Crippen LogP contribution in [0.4, 0.5) is 5.69 Å². The van der Waals surface area contributed by atoms with Gasteiger partial charge in [-0.2, -0.15) is 0 Å². The Kier molecular flexibility index (Phi) is 7.03. The van der Waals surface area contributed by atoms with E-state index in [0.29, 0.717) is 11.2 Å². The van der Waals surface area contributed by atoms with Crippen LogP contribution in [-0.2, 0) is 6.42 Å². The molecule has 0 saturated heterocycles. The van der Waals surface area contributed by atoms with E-state index in [1.807, 2.05) is 31.2 Å². The van der Waals surface area contributed by atoms with Crippen LogP contribution in [0.15, 0.2) is 48.5 Å². The lowest BCUT2D eigenvalue weighted by atomic mass is 10.1. The predicted octanol–water partition coefficient (Wildman–Crippen LogP) is 2.69. The minimum absolute atomic E-state index is 0.438. The van der Waals surface area contributed by atoms with Crippen LogP contribution in [0.5, 0.6) is 0 Å². The minimum Gasteiger partial charge on any atom is -0.356 e. The number of quaternary nitrogens is 1. The zero-order valence-corrected chi connectivity index (χ0v) is 16.0. The van der Waals surface area contributed by atoms with Crippen molar-refractivity contribution in [3.63, 3.8) is 0 Å². The van der Waals surface area contributed by atoms with Crippen LogP contribution in [0.1, 0.15) is 11.1 Å². The summed E-state index contributed by atoms with van der Waals surface area (Å²) >= 11 is 11.6. The highest BCUT2D eigenvalue weighted by molar-refractivity contribution is 7.80. The summed E-state index contributed by atoms with van der Waals surface area (Å²) in [5.74, 6) is 0. The van der Waals surface area contributed by atoms with Gasteiger partial charge in [-0.25, -0.2) is 0 Å². The summed E-state index contributed by atoms with van der Waals surface area (Å²) in [5.41, 5.74) is 3.29. The number of anilines is 1. The van der Waals surface area contributed by atoms with Gasteiger partial charge in [-0.05, 0) is 42.4 Å². The Morgan fingerprint density at radius 2 is 1.83 bits per heavy atom. The molecule has 3 N–H and O–H groups in total. The Morgan fingerprint density at radius 3 is 2.50 bits per heavy atom. The lowest BCUT2D eigenvalue weighted by molar-refractivity contribution is -0.884. The largest absolute Gasteiger partial charge is 0.356 e. The molecule has 5 heteroatoms. The summed E-state index contributed by atoms with van der Waals surface area (Å²) < 4.78 is 0. The molecule has 24 heavy (non-hydrogen) atoms. The second kappa shape index (κ2) is 9.02. The van der Waals surface area contributed by atoms with Gasteiger partial charge < -0.3 is 15.5 Å². The van der Waals surface area contributed by atoms with Gasteiger partial charge in [-0.3, -0.25) is 0 Å². The summed E-state index contributed by atoms with van der Waals surface area (Å²) in [6.07, 6.45) is 1.01. The molecular weight excluding hydrogens is 338 g/mol. The molecule has 0 fully saturated rings. The van der Waals surface area contributed by atoms with Gasteiger partial charge in [0.2, 0.25) is 0 Å². The highest BCUT2D eigenvalue weighted by Gasteiger charge is 2.16. The molecule has 128 valence electrons. The van der Waals surface area contributed by atoms with Crippen LogP contribution >= 0.6 is 23.8 Å². The van der Waals surface area contributed by atoms with Gasteiger partial charge >= 0.3 is 0 Å². The van der Waals surface area contributed by atoms with Crippen LogP contribution in [-0.4, -0.2) is 31.8 Å². The Balaban J connectivity index is 1.91. The lowest BCUT2D eigenvalue weighted by Crippen LogP contribution is -3.11. The van der Waals surface area contributed by atoms with E-state index in [4.69, 9.17) is 23.8 Å². The number of benzene rings is 2. The molecular formula is C19H25ClN3S+. The van der Waals surface area contributed by atoms with E-state index in [1.54, 1.807) is 0 Å². The van der Waals surface area contributed by atoms with Crippen LogP contribution in [0, 0.1) is 6.92 Å². The van der Waals surface area contributed by atoms with Crippen molar-refractivity contribution in [2.75, 3.05) is 26.0 Å². The average Bonchev–Trinajstić information content (AvgIpc) is 2.56. The maximum Gasteiger partial charge on any atom is 0.171 e. The van der Waals surface area contributed by atoms with Crippen molar-refractivity contribution in [3.8, 4) is 0 Å². The van der Waals surface area contributed by atoms with Crippen molar-refractivity contribution in [1.29, 1.82) is 0 Å². The Morgan fingerprint density at radius 1 is 1.12 bits per heavy atom. The van der Waals surface area contributed by atoms with Gasteiger partial charge in [0.25, 0.3) is 0 Å². The Hall–Kier alpha value is -1.62. The first-order valence-corrected chi connectivity index (χ1v) is 8.90. The van der Waals surface area contributed by atoms with Crippen molar-refractivity contribution in [2.45, 2.75) is 19.4 Å². The van der Waals surface area contributed by atoms with Crippen molar-refractivity contribution in [1.82, 2.24) is 5.32 Å². The number of nitrogens with one attached hydrogen (secondary N) is 3. The predicted molar refractivity (Wildman–Crippen MR) is 107 cm³/mol. The van der Waals surface area contributed by atoms with E-state index in [9.17, 15) is 0 Å². The normalized spacial score (nSPS) is 12.0. The second-order valence-electron chi connectivity index (χ2n) is 6.21. The lowest BCUT2D eigenvalue weighted by Gasteiger charge is -2.23. The molecule has 2 aromatic rings. The Bertz CT molecular complexity index is 674. The topological polar surface area (TPSA) is 28.5 Å². The fourth-order valence-electron chi connectivity index (χ4n) is 2.50. The molecule has 2 aromatic carbocycles. The minimum atomic E-state index is 0.438. The summed E-state index contributed by atoms with van der Waals surface area (Å²) in [6.45, 7) is 2.79. The van der Waals surface area contributed by atoms with E-state index >= 15 is 0 Å². The number of rotatable bonds is 6. The molecule has 0 amide bonds. The van der Waals surface area contributed by atoms with Gasteiger partial charge in [-0.15, -0.1) is 0 Å². The summed E-state index contributed by atoms with van der Waals surface area (Å²) in [6, 6.07) is 16.8. The summed E-state index contributed by atoms with van der Waals surface area (Å²) in [4.78, 5) is 1.40. The van der Waals surface area contributed by atoms with E-state index in [1.165, 1.54) is 10.5 Å². The highest BCUT2D eigenvalue weighted by Crippen LogP contribution is 2.22. The number of thiocarbonyl (C=S) groups is 1. The zero-order valence-electron chi connectivity index (χ0n) is 14.4. The fraction of sp³-hybridized carbons (Fsp3) is 0.316. The highest BCUT2D eigenvalue weighted by atomic mass is 35.5. The van der Waals surface area contributed by atoms with Crippen molar-refractivity contribution < 1.29 is 4.90 Å². The van der Waals surface area contributed by atoms with Crippen LogP contribution in [0.2, 0.25) is 5.02 Å². The van der Waals surface area contributed by atoms with Gasteiger partial charge in [0, 0.05) is 17.1 Å². The molecule has 2 rings (SSSR count). The number of halogens is 1. The Labute approximate surface area is 155 Å². The first-order valence-electron chi connectivity index (χ1n) is 8.11. The standard InChI is InChI=1S/C19H24ClN3S/c1-14-17(20)10-7-11-18(14)22-19(24)21-13-16(23(2)3)12-15-8-5-4-6-9-15/h4-11,16H,12-13H2,1-3H3,(H2,21,22,24)/p+1/t16-/m1/s1. The monoisotopic (exact) mass is 362 g/mol. The first-order chi connectivity index (χ1) is 11.5. The molecule has 3 nitrogen and oxygen atoms in total.